The Morgan fingerprint density at radius 3 is 2.16 bits per heavy atom. The van der Waals surface area contributed by atoms with Gasteiger partial charge in [-0.05, 0) is 30.4 Å². The number of hydrogen-bond acceptors (Lipinski definition) is 3. The van der Waals surface area contributed by atoms with Gasteiger partial charge < -0.3 is 15.5 Å². The molecule has 0 spiro atoms. The van der Waals surface area contributed by atoms with Crippen LogP contribution in [-0.4, -0.2) is 35.6 Å². The molecule has 6 heteroatoms. The average Bonchev–Trinajstić information content (AvgIpc) is 2.78. The molecule has 1 heterocycles. The molecule has 0 unspecified atom stereocenters. The average molecular weight is 431 g/mol. The van der Waals surface area contributed by atoms with Crippen molar-refractivity contribution in [2.75, 3.05) is 13.2 Å². The van der Waals surface area contributed by atoms with Gasteiger partial charge in [0.1, 0.15) is 0 Å². The lowest BCUT2D eigenvalue weighted by Gasteiger charge is -2.43. The molecule has 2 rings (SSSR count). The van der Waals surface area contributed by atoms with Crippen molar-refractivity contribution in [3.8, 4) is 0 Å². The van der Waals surface area contributed by atoms with Gasteiger partial charge in [-0.1, -0.05) is 77.1 Å². The molecule has 1 fully saturated rings. The number of carbonyl (C=O) groups is 2. The topological polar surface area (TPSA) is 73.5 Å². The largest absolute Gasteiger partial charge is 0.338 e. The van der Waals surface area contributed by atoms with Crippen molar-refractivity contribution < 1.29 is 9.59 Å². The third-order valence-corrected chi connectivity index (χ3v) is 6.17. The molecule has 1 saturated heterocycles. The minimum atomic E-state index is -0.128. The highest BCUT2D eigenvalue weighted by Gasteiger charge is 2.37. The summed E-state index contributed by atoms with van der Waals surface area (Å²) in [5.41, 5.74) is 2.14. The Labute approximate surface area is 188 Å². The Morgan fingerprint density at radius 1 is 0.968 bits per heavy atom. The van der Waals surface area contributed by atoms with Crippen LogP contribution in [0.15, 0.2) is 24.3 Å². The molecule has 0 aliphatic carbocycles. The normalized spacial score (nSPS) is 15.7. The van der Waals surface area contributed by atoms with Crippen LogP contribution in [0.2, 0.25) is 0 Å². The van der Waals surface area contributed by atoms with Gasteiger partial charge in [0, 0.05) is 31.6 Å². The van der Waals surface area contributed by atoms with Gasteiger partial charge in [-0.15, -0.1) is 0 Å². The molecule has 6 nitrogen and oxygen atoms in total. The molecule has 1 aliphatic rings. The van der Waals surface area contributed by atoms with E-state index >= 15 is 0 Å². The first-order valence-electron chi connectivity index (χ1n) is 12.1. The predicted octanol–water partition coefficient (Wildman–Crippen LogP) is 4.68. The molecule has 1 aromatic carbocycles. The monoisotopic (exact) mass is 430 g/mol. The summed E-state index contributed by atoms with van der Waals surface area (Å²) in [5, 5.41) is 9.46. The van der Waals surface area contributed by atoms with Crippen LogP contribution in [0.3, 0.4) is 0 Å². The lowest BCUT2D eigenvalue weighted by Crippen LogP contribution is -2.58. The van der Waals surface area contributed by atoms with Crippen molar-refractivity contribution in [2.45, 2.75) is 97.2 Å². The van der Waals surface area contributed by atoms with Crippen LogP contribution in [-0.2, 0) is 17.9 Å². The van der Waals surface area contributed by atoms with Crippen molar-refractivity contribution in [2.24, 2.45) is 0 Å². The molecule has 0 bridgehead atoms. The molecule has 3 N–H and O–H groups in total. The van der Waals surface area contributed by atoms with Gasteiger partial charge in [0.2, 0.25) is 5.91 Å². The maximum atomic E-state index is 12.9. The third-order valence-electron chi connectivity index (χ3n) is 6.17. The second kappa shape index (κ2) is 13.4. The summed E-state index contributed by atoms with van der Waals surface area (Å²) in [7, 11) is 0. The highest BCUT2D eigenvalue weighted by atomic mass is 16.2. The van der Waals surface area contributed by atoms with E-state index in [1.807, 2.05) is 17.0 Å². The van der Waals surface area contributed by atoms with Crippen molar-refractivity contribution in [3.63, 3.8) is 0 Å². The van der Waals surface area contributed by atoms with E-state index in [-0.39, 0.29) is 17.5 Å². The summed E-state index contributed by atoms with van der Waals surface area (Å²) in [6.07, 6.45) is 9.46. The zero-order valence-corrected chi connectivity index (χ0v) is 19.8. The van der Waals surface area contributed by atoms with Gasteiger partial charge in [-0.25, -0.2) is 4.79 Å². The van der Waals surface area contributed by atoms with Crippen LogP contribution in [0, 0.1) is 0 Å². The summed E-state index contributed by atoms with van der Waals surface area (Å²) in [6.45, 7) is 8.97. The van der Waals surface area contributed by atoms with E-state index in [4.69, 9.17) is 0 Å². The summed E-state index contributed by atoms with van der Waals surface area (Å²) in [5.74, 6) is 0.250. The van der Waals surface area contributed by atoms with E-state index < -0.39 is 0 Å². The van der Waals surface area contributed by atoms with Gasteiger partial charge >= 0.3 is 6.03 Å². The molecule has 1 aliphatic heterocycles. The number of nitrogens with zero attached hydrogens (tertiary/aromatic N) is 1. The second-order valence-electron chi connectivity index (χ2n) is 8.87. The number of urea groups is 1. The van der Waals surface area contributed by atoms with Crippen molar-refractivity contribution >= 4 is 11.9 Å². The Morgan fingerprint density at radius 2 is 1.58 bits per heavy atom. The van der Waals surface area contributed by atoms with Crippen molar-refractivity contribution in [3.05, 3.63) is 35.4 Å². The fourth-order valence-corrected chi connectivity index (χ4v) is 4.07. The minimum absolute atomic E-state index is 0.0210. The number of rotatable bonds is 13. The number of unbranched alkanes of at least 4 members (excludes halogenated alkanes) is 3. The van der Waals surface area contributed by atoms with Crippen molar-refractivity contribution in [1.82, 2.24) is 20.9 Å². The van der Waals surface area contributed by atoms with E-state index in [1.165, 1.54) is 0 Å². The number of carbonyl (C=O) groups excluding carboxylic acids is 2. The van der Waals surface area contributed by atoms with Gasteiger partial charge in [0.25, 0.3) is 0 Å². The standard InChI is InChI=1S/C25H42N4O2/c1-4-7-14-25(15-8-5-2)17-23(30)29(20-28-25)19-22-12-10-21(11-13-22)18-27-24(31)26-16-9-6-3/h10-13,28H,4-9,14-20H2,1-3H3,(H2,26,27,31). The molecular formula is C25H42N4O2. The SMILES string of the molecule is CCCCNC(=O)NCc1ccc(CN2CNC(CCCC)(CCCC)CC2=O)cc1. The zero-order valence-electron chi connectivity index (χ0n) is 19.8. The first-order valence-corrected chi connectivity index (χ1v) is 12.1. The first-order chi connectivity index (χ1) is 15.0. The molecule has 31 heavy (non-hydrogen) atoms. The quantitative estimate of drug-likeness (QED) is 0.398. The fourth-order valence-electron chi connectivity index (χ4n) is 4.07. The Kier molecular flexibility index (Phi) is 10.9. The molecule has 0 aromatic heterocycles. The lowest BCUT2D eigenvalue weighted by atomic mass is 9.82. The summed E-state index contributed by atoms with van der Waals surface area (Å²) in [4.78, 5) is 26.6. The summed E-state index contributed by atoms with van der Waals surface area (Å²) in [6, 6.07) is 8.02. The fraction of sp³-hybridized carbons (Fsp3) is 0.680. The van der Waals surface area contributed by atoms with Crippen LogP contribution in [0.5, 0.6) is 0 Å². The maximum Gasteiger partial charge on any atom is 0.315 e. The van der Waals surface area contributed by atoms with Crippen LogP contribution >= 0.6 is 0 Å². The highest BCUT2D eigenvalue weighted by molar-refractivity contribution is 5.78. The second-order valence-corrected chi connectivity index (χ2v) is 8.87. The lowest BCUT2D eigenvalue weighted by molar-refractivity contribution is -0.138. The third kappa shape index (κ3) is 8.52. The van der Waals surface area contributed by atoms with Gasteiger partial charge in [-0.3, -0.25) is 10.1 Å². The van der Waals surface area contributed by atoms with Gasteiger partial charge in [0.15, 0.2) is 0 Å². The van der Waals surface area contributed by atoms with Crippen LogP contribution < -0.4 is 16.0 Å². The molecule has 174 valence electrons. The van der Waals surface area contributed by atoms with E-state index in [1.54, 1.807) is 0 Å². The van der Waals surface area contributed by atoms with Crippen LogP contribution in [0.1, 0.15) is 89.7 Å². The minimum Gasteiger partial charge on any atom is -0.338 e. The van der Waals surface area contributed by atoms with E-state index in [2.05, 4.69) is 48.9 Å². The van der Waals surface area contributed by atoms with Crippen LogP contribution in [0.25, 0.3) is 0 Å². The predicted molar refractivity (Wildman–Crippen MR) is 127 cm³/mol. The molecule has 0 saturated carbocycles. The van der Waals surface area contributed by atoms with E-state index in [9.17, 15) is 9.59 Å². The number of nitrogens with one attached hydrogen (secondary N) is 3. The smallest absolute Gasteiger partial charge is 0.315 e. The Hall–Kier alpha value is -2.08. The van der Waals surface area contributed by atoms with E-state index in [0.29, 0.717) is 32.7 Å². The molecule has 3 amide bonds. The first kappa shape index (κ1) is 25.2. The van der Waals surface area contributed by atoms with Crippen molar-refractivity contribution in [1.29, 1.82) is 0 Å². The summed E-state index contributed by atoms with van der Waals surface area (Å²) >= 11 is 0. The zero-order chi connectivity index (χ0) is 22.5. The number of benzene rings is 1. The molecule has 0 radical (unpaired) electrons. The summed E-state index contributed by atoms with van der Waals surface area (Å²) < 4.78 is 0. The van der Waals surface area contributed by atoms with Gasteiger partial charge in [0.05, 0.1) is 6.67 Å². The van der Waals surface area contributed by atoms with Crippen LogP contribution in [0.4, 0.5) is 4.79 Å². The molecule has 0 atom stereocenters. The number of hydrogen-bond donors (Lipinski definition) is 3. The molecular weight excluding hydrogens is 388 g/mol. The molecule has 1 aromatic rings. The van der Waals surface area contributed by atoms with E-state index in [0.717, 1.165) is 62.5 Å². The Bertz CT molecular complexity index is 667. The highest BCUT2D eigenvalue weighted by Crippen LogP contribution is 2.29. The maximum absolute atomic E-state index is 12.9. The Balaban J connectivity index is 1.83. The van der Waals surface area contributed by atoms with Gasteiger partial charge in [-0.2, -0.15) is 0 Å². The number of amides is 3.